The number of aliphatic hydroxyl groups excluding tert-OH is 3. The Labute approximate surface area is 136 Å². The van der Waals surface area contributed by atoms with Gasteiger partial charge in [0.25, 0.3) is 0 Å². The van der Waals surface area contributed by atoms with E-state index in [9.17, 15) is 15.3 Å². The molecule has 2 rings (SSSR count). The van der Waals surface area contributed by atoms with Crippen molar-refractivity contribution in [3.05, 3.63) is 0 Å². The van der Waals surface area contributed by atoms with Gasteiger partial charge in [0.05, 0.1) is 12.2 Å². The average Bonchev–Trinajstić information content (AvgIpc) is 2.82. The predicted molar refractivity (Wildman–Crippen MR) is 89.6 cm³/mol. The van der Waals surface area contributed by atoms with E-state index in [1.54, 1.807) is 0 Å². The summed E-state index contributed by atoms with van der Waals surface area (Å²) >= 11 is 0. The topological polar surface area (TPSA) is 60.7 Å². The van der Waals surface area contributed by atoms with Gasteiger partial charge < -0.3 is 15.3 Å². The minimum Gasteiger partial charge on any atom is -0.396 e. The summed E-state index contributed by atoms with van der Waals surface area (Å²) in [6, 6.07) is 0. The minimum absolute atomic E-state index is 0.00144. The number of hydrogen-bond acceptors (Lipinski definition) is 3. The Morgan fingerprint density at radius 3 is 1.50 bits per heavy atom. The fourth-order valence-corrected chi connectivity index (χ4v) is 4.61. The van der Waals surface area contributed by atoms with Crippen molar-refractivity contribution >= 4 is 0 Å². The SMILES string of the molecule is OCC1C[C@@H](C2CCCCCCCCCCCC2)[C@H](O)[C@@H]1O. The second-order valence-corrected chi connectivity index (χ2v) is 7.70. The summed E-state index contributed by atoms with van der Waals surface area (Å²) in [4.78, 5) is 0. The first-order valence-electron chi connectivity index (χ1n) is 9.71. The quantitative estimate of drug-likeness (QED) is 0.729. The van der Waals surface area contributed by atoms with E-state index in [1.807, 2.05) is 0 Å². The van der Waals surface area contributed by atoms with Crippen LogP contribution < -0.4 is 0 Å². The number of hydrogen-bond donors (Lipinski definition) is 3. The highest BCUT2D eigenvalue weighted by molar-refractivity contribution is 4.93. The Morgan fingerprint density at radius 2 is 1.09 bits per heavy atom. The van der Waals surface area contributed by atoms with E-state index in [2.05, 4.69) is 0 Å². The highest BCUT2D eigenvalue weighted by Crippen LogP contribution is 2.40. The van der Waals surface area contributed by atoms with Crippen LogP contribution in [-0.4, -0.2) is 34.1 Å². The molecule has 2 aliphatic rings. The molecule has 130 valence electrons. The van der Waals surface area contributed by atoms with Gasteiger partial charge in [0, 0.05) is 12.5 Å². The van der Waals surface area contributed by atoms with Gasteiger partial charge in [-0.05, 0) is 18.3 Å². The monoisotopic (exact) mass is 312 g/mol. The van der Waals surface area contributed by atoms with Crippen molar-refractivity contribution in [2.45, 2.75) is 95.7 Å². The number of rotatable bonds is 2. The zero-order chi connectivity index (χ0) is 15.8. The standard InChI is InChI=1S/C19H36O3/c20-14-16-13-17(19(22)18(16)21)15-11-9-7-5-3-1-2-4-6-8-10-12-15/h15-22H,1-14H2/t16?,17-,18+,19-/m0/s1. The fraction of sp³-hybridized carbons (Fsp3) is 1.00. The molecule has 0 heterocycles. The molecule has 1 unspecified atom stereocenters. The molecule has 0 amide bonds. The second kappa shape index (κ2) is 9.89. The summed E-state index contributed by atoms with van der Waals surface area (Å²) in [6.45, 7) is 0.00144. The molecule has 3 nitrogen and oxygen atoms in total. The normalized spacial score (nSPS) is 37.2. The molecule has 3 heteroatoms. The molecular formula is C19H36O3. The molecule has 22 heavy (non-hydrogen) atoms. The molecule has 0 radical (unpaired) electrons. The molecule has 0 spiro atoms. The Morgan fingerprint density at radius 1 is 0.636 bits per heavy atom. The van der Waals surface area contributed by atoms with Gasteiger partial charge >= 0.3 is 0 Å². The third-order valence-electron chi connectivity index (χ3n) is 6.09. The van der Waals surface area contributed by atoms with Gasteiger partial charge in [-0.3, -0.25) is 0 Å². The third kappa shape index (κ3) is 5.21. The Hall–Kier alpha value is -0.120. The summed E-state index contributed by atoms with van der Waals surface area (Å²) in [6.07, 6.45) is 15.2. The average molecular weight is 312 g/mol. The molecule has 2 fully saturated rings. The van der Waals surface area contributed by atoms with E-state index in [-0.39, 0.29) is 18.4 Å². The van der Waals surface area contributed by atoms with Crippen LogP contribution in [-0.2, 0) is 0 Å². The van der Waals surface area contributed by atoms with Gasteiger partial charge in [0.15, 0.2) is 0 Å². The van der Waals surface area contributed by atoms with Crippen molar-refractivity contribution < 1.29 is 15.3 Å². The predicted octanol–water partition coefficient (Wildman–Crippen LogP) is 3.65. The lowest BCUT2D eigenvalue weighted by atomic mass is 9.81. The Kier molecular flexibility index (Phi) is 8.19. The lowest BCUT2D eigenvalue weighted by Gasteiger charge is -2.27. The molecule has 0 aromatic heterocycles. The van der Waals surface area contributed by atoms with Gasteiger partial charge in [0.1, 0.15) is 0 Å². The van der Waals surface area contributed by atoms with Crippen molar-refractivity contribution in [3.63, 3.8) is 0 Å². The van der Waals surface area contributed by atoms with Crippen LogP contribution in [0.2, 0.25) is 0 Å². The molecular weight excluding hydrogens is 276 g/mol. The van der Waals surface area contributed by atoms with Crippen molar-refractivity contribution in [2.75, 3.05) is 6.61 Å². The van der Waals surface area contributed by atoms with Gasteiger partial charge in [-0.1, -0.05) is 77.0 Å². The Balaban J connectivity index is 1.89. The molecule has 0 saturated heterocycles. The first kappa shape index (κ1) is 18.2. The van der Waals surface area contributed by atoms with Crippen LogP contribution in [0.5, 0.6) is 0 Å². The summed E-state index contributed by atoms with van der Waals surface area (Å²) in [5.74, 6) is 0.601. The van der Waals surface area contributed by atoms with Gasteiger partial charge in [0.2, 0.25) is 0 Å². The van der Waals surface area contributed by atoms with Crippen LogP contribution in [0.1, 0.15) is 83.5 Å². The summed E-state index contributed by atoms with van der Waals surface area (Å²) in [5, 5.41) is 29.9. The van der Waals surface area contributed by atoms with Crippen LogP contribution in [0, 0.1) is 17.8 Å². The van der Waals surface area contributed by atoms with E-state index in [4.69, 9.17) is 0 Å². The smallest absolute Gasteiger partial charge is 0.0852 e. The van der Waals surface area contributed by atoms with E-state index < -0.39 is 12.2 Å². The van der Waals surface area contributed by atoms with Crippen LogP contribution in [0.15, 0.2) is 0 Å². The van der Waals surface area contributed by atoms with Crippen molar-refractivity contribution in [1.82, 2.24) is 0 Å². The summed E-state index contributed by atoms with van der Waals surface area (Å²) < 4.78 is 0. The molecule has 0 aliphatic heterocycles. The first-order valence-corrected chi connectivity index (χ1v) is 9.71. The largest absolute Gasteiger partial charge is 0.396 e. The van der Waals surface area contributed by atoms with Crippen molar-refractivity contribution in [1.29, 1.82) is 0 Å². The summed E-state index contributed by atoms with van der Waals surface area (Å²) in [7, 11) is 0. The fourth-order valence-electron chi connectivity index (χ4n) is 4.61. The minimum atomic E-state index is -0.723. The van der Waals surface area contributed by atoms with Crippen LogP contribution in [0.4, 0.5) is 0 Å². The second-order valence-electron chi connectivity index (χ2n) is 7.70. The number of aliphatic hydroxyl groups is 3. The van der Waals surface area contributed by atoms with E-state index in [0.717, 1.165) is 6.42 Å². The van der Waals surface area contributed by atoms with Gasteiger partial charge in [-0.25, -0.2) is 0 Å². The first-order chi connectivity index (χ1) is 10.7. The maximum Gasteiger partial charge on any atom is 0.0852 e. The molecule has 4 atom stereocenters. The molecule has 2 saturated carbocycles. The molecule has 0 bridgehead atoms. The van der Waals surface area contributed by atoms with E-state index in [1.165, 1.54) is 77.0 Å². The maximum absolute atomic E-state index is 10.4. The third-order valence-corrected chi connectivity index (χ3v) is 6.09. The zero-order valence-electron chi connectivity index (χ0n) is 14.1. The Bertz CT molecular complexity index is 280. The maximum atomic E-state index is 10.4. The van der Waals surface area contributed by atoms with Crippen LogP contribution in [0.25, 0.3) is 0 Å². The van der Waals surface area contributed by atoms with Crippen molar-refractivity contribution in [3.8, 4) is 0 Å². The van der Waals surface area contributed by atoms with E-state index in [0.29, 0.717) is 5.92 Å². The highest BCUT2D eigenvalue weighted by atomic mass is 16.3. The highest BCUT2D eigenvalue weighted by Gasteiger charge is 2.43. The zero-order valence-corrected chi connectivity index (χ0v) is 14.1. The molecule has 0 aromatic carbocycles. The molecule has 2 aliphatic carbocycles. The lowest BCUT2D eigenvalue weighted by Crippen LogP contribution is -2.32. The van der Waals surface area contributed by atoms with Crippen LogP contribution in [0.3, 0.4) is 0 Å². The van der Waals surface area contributed by atoms with Gasteiger partial charge in [-0.2, -0.15) is 0 Å². The van der Waals surface area contributed by atoms with Gasteiger partial charge in [-0.15, -0.1) is 0 Å². The molecule has 3 N–H and O–H groups in total. The lowest BCUT2D eigenvalue weighted by molar-refractivity contribution is -0.0161. The summed E-state index contributed by atoms with van der Waals surface area (Å²) in [5.41, 5.74) is 0. The van der Waals surface area contributed by atoms with E-state index >= 15 is 0 Å². The van der Waals surface area contributed by atoms with Crippen LogP contribution >= 0.6 is 0 Å². The molecule has 0 aromatic rings. The van der Waals surface area contributed by atoms with Crippen molar-refractivity contribution in [2.24, 2.45) is 17.8 Å².